The minimum Gasteiger partial charge on any atom is -0.486 e. The predicted molar refractivity (Wildman–Crippen MR) is 89.0 cm³/mol. The molecule has 1 aromatic heterocycles. The molecule has 0 spiro atoms. The molecule has 24 heavy (non-hydrogen) atoms. The first-order valence-corrected chi connectivity index (χ1v) is 8.18. The van der Waals surface area contributed by atoms with E-state index in [1.165, 1.54) is 0 Å². The van der Waals surface area contributed by atoms with Gasteiger partial charge < -0.3 is 24.4 Å². The van der Waals surface area contributed by atoms with Crippen molar-refractivity contribution in [3.05, 3.63) is 36.7 Å². The van der Waals surface area contributed by atoms with Crippen LogP contribution in [0.25, 0.3) is 0 Å². The van der Waals surface area contributed by atoms with Gasteiger partial charge in [0.25, 0.3) is 5.88 Å². The number of piperazine rings is 1. The number of nitrogens with zero attached hydrogens (tertiary/aromatic N) is 3. The van der Waals surface area contributed by atoms with E-state index in [1.807, 2.05) is 24.3 Å². The molecular formula is C17H20N4O3. The molecule has 0 saturated carbocycles. The van der Waals surface area contributed by atoms with Crippen molar-refractivity contribution >= 4 is 5.82 Å². The second-order valence-electron chi connectivity index (χ2n) is 5.73. The first-order valence-electron chi connectivity index (χ1n) is 8.18. The zero-order valence-electron chi connectivity index (χ0n) is 13.4. The average Bonchev–Trinajstić information content (AvgIpc) is 2.67. The molecule has 0 aliphatic carbocycles. The van der Waals surface area contributed by atoms with Gasteiger partial charge in [0.2, 0.25) is 0 Å². The maximum absolute atomic E-state index is 5.92. The molecule has 7 heteroatoms. The number of aromatic nitrogens is 2. The van der Waals surface area contributed by atoms with Gasteiger partial charge in [-0.25, -0.2) is 9.97 Å². The second-order valence-corrected chi connectivity index (χ2v) is 5.73. The maximum Gasteiger partial charge on any atom is 0.257 e. The fourth-order valence-corrected chi connectivity index (χ4v) is 2.83. The summed E-state index contributed by atoms with van der Waals surface area (Å²) in [5.41, 5.74) is 0. The molecule has 1 saturated heterocycles. The molecule has 0 radical (unpaired) electrons. The van der Waals surface area contributed by atoms with E-state index in [-0.39, 0.29) is 6.10 Å². The fourth-order valence-electron chi connectivity index (χ4n) is 2.83. The third kappa shape index (κ3) is 3.21. The van der Waals surface area contributed by atoms with Gasteiger partial charge in [-0.15, -0.1) is 0 Å². The zero-order valence-corrected chi connectivity index (χ0v) is 13.4. The fraction of sp³-hybridized carbons (Fsp3) is 0.412. The Balaban J connectivity index is 1.41. The van der Waals surface area contributed by atoms with Crippen molar-refractivity contribution in [1.29, 1.82) is 0 Å². The Labute approximate surface area is 140 Å². The average molecular weight is 328 g/mol. The van der Waals surface area contributed by atoms with Gasteiger partial charge >= 0.3 is 0 Å². The Morgan fingerprint density at radius 2 is 1.92 bits per heavy atom. The van der Waals surface area contributed by atoms with E-state index in [9.17, 15) is 0 Å². The molecule has 0 amide bonds. The highest BCUT2D eigenvalue weighted by Gasteiger charge is 2.23. The monoisotopic (exact) mass is 328 g/mol. The lowest BCUT2D eigenvalue weighted by Crippen LogP contribution is -2.44. The van der Waals surface area contributed by atoms with Crippen molar-refractivity contribution in [3.63, 3.8) is 0 Å². The van der Waals surface area contributed by atoms with E-state index in [0.717, 1.165) is 43.5 Å². The van der Waals surface area contributed by atoms with Crippen LogP contribution < -0.4 is 24.4 Å². The number of fused-ring (bicyclic) bond motifs is 1. The number of anilines is 1. The van der Waals surface area contributed by atoms with Gasteiger partial charge in [-0.05, 0) is 12.1 Å². The molecule has 0 bridgehead atoms. The summed E-state index contributed by atoms with van der Waals surface area (Å²) in [4.78, 5) is 11.0. The van der Waals surface area contributed by atoms with E-state index < -0.39 is 0 Å². The quantitative estimate of drug-likeness (QED) is 0.901. The second kappa shape index (κ2) is 6.92. The number of ether oxygens (including phenoxy) is 3. The Morgan fingerprint density at radius 1 is 1.12 bits per heavy atom. The van der Waals surface area contributed by atoms with Crippen LogP contribution in [0.15, 0.2) is 36.7 Å². The molecule has 1 atom stereocenters. The molecule has 1 fully saturated rings. The van der Waals surface area contributed by atoms with E-state index in [4.69, 9.17) is 14.2 Å². The Kier molecular flexibility index (Phi) is 4.33. The Morgan fingerprint density at radius 3 is 2.79 bits per heavy atom. The number of benzene rings is 1. The lowest BCUT2D eigenvalue weighted by atomic mass is 10.3. The first-order chi connectivity index (χ1) is 11.9. The summed E-state index contributed by atoms with van der Waals surface area (Å²) in [6, 6.07) is 7.66. The summed E-state index contributed by atoms with van der Waals surface area (Å²) in [7, 11) is 0. The van der Waals surface area contributed by atoms with Crippen LogP contribution in [0, 0.1) is 0 Å². The molecule has 1 unspecified atom stereocenters. The van der Waals surface area contributed by atoms with Crippen molar-refractivity contribution in [2.75, 3.05) is 44.3 Å². The van der Waals surface area contributed by atoms with Crippen LogP contribution in [0.2, 0.25) is 0 Å². The summed E-state index contributed by atoms with van der Waals surface area (Å²) in [5.74, 6) is 2.85. The smallest absolute Gasteiger partial charge is 0.257 e. The van der Waals surface area contributed by atoms with Gasteiger partial charge in [-0.3, -0.25) is 0 Å². The van der Waals surface area contributed by atoms with Crippen LogP contribution in [-0.2, 0) is 0 Å². The summed E-state index contributed by atoms with van der Waals surface area (Å²) in [6.45, 7) is 4.49. The lowest BCUT2D eigenvalue weighted by Gasteiger charge is -2.30. The van der Waals surface area contributed by atoms with Crippen LogP contribution >= 0.6 is 0 Å². The molecule has 1 N–H and O–H groups in total. The highest BCUT2D eigenvalue weighted by molar-refractivity contribution is 5.48. The summed E-state index contributed by atoms with van der Waals surface area (Å²) in [6.07, 6.45) is 3.17. The summed E-state index contributed by atoms with van der Waals surface area (Å²) >= 11 is 0. The van der Waals surface area contributed by atoms with Crippen LogP contribution in [-0.4, -0.2) is 55.5 Å². The Hall–Kier alpha value is -2.54. The maximum atomic E-state index is 5.92. The third-order valence-corrected chi connectivity index (χ3v) is 4.04. The minimum atomic E-state index is -0.169. The minimum absolute atomic E-state index is 0.169. The van der Waals surface area contributed by atoms with Gasteiger partial charge in [-0.2, -0.15) is 0 Å². The van der Waals surface area contributed by atoms with Crippen LogP contribution in [0.5, 0.6) is 17.4 Å². The van der Waals surface area contributed by atoms with Crippen molar-refractivity contribution < 1.29 is 14.2 Å². The molecule has 2 aliphatic rings. The molecule has 2 aromatic rings. The molecule has 1 aromatic carbocycles. The molecular weight excluding hydrogens is 308 g/mol. The first kappa shape index (κ1) is 15.0. The Bertz CT molecular complexity index is 691. The number of hydrogen-bond acceptors (Lipinski definition) is 7. The van der Waals surface area contributed by atoms with Crippen LogP contribution in [0.3, 0.4) is 0 Å². The van der Waals surface area contributed by atoms with Gasteiger partial charge in [-0.1, -0.05) is 12.1 Å². The van der Waals surface area contributed by atoms with Gasteiger partial charge in [0.1, 0.15) is 13.2 Å². The molecule has 4 rings (SSSR count). The summed E-state index contributed by atoms with van der Waals surface area (Å²) < 4.78 is 17.5. The van der Waals surface area contributed by atoms with Gasteiger partial charge in [0, 0.05) is 38.6 Å². The third-order valence-electron chi connectivity index (χ3n) is 4.04. The van der Waals surface area contributed by atoms with Gasteiger partial charge in [0.05, 0.1) is 0 Å². The largest absolute Gasteiger partial charge is 0.486 e. The van der Waals surface area contributed by atoms with Crippen molar-refractivity contribution in [2.24, 2.45) is 0 Å². The van der Waals surface area contributed by atoms with E-state index >= 15 is 0 Å². The molecule has 2 aliphatic heterocycles. The number of nitrogens with one attached hydrogen (secondary N) is 1. The predicted octanol–water partition coefficient (Wildman–Crippen LogP) is 1.10. The highest BCUT2D eigenvalue weighted by atomic mass is 16.6. The lowest BCUT2D eigenvalue weighted by molar-refractivity contribution is 0.0522. The van der Waals surface area contributed by atoms with Crippen LogP contribution in [0.1, 0.15) is 0 Å². The van der Waals surface area contributed by atoms with Gasteiger partial charge in [0.15, 0.2) is 23.4 Å². The molecule has 126 valence electrons. The van der Waals surface area contributed by atoms with Crippen molar-refractivity contribution in [3.8, 4) is 17.4 Å². The SMILES string of the molecule is c1ccc2c(c1)OCC(COc1nccnc1N1CCNCC1)O2. The van der Waals surface area contributed by atoms with E-state index in [1.54, 1.807) is 12.4 Å². The summed E-state index contributed by atoms with van der Waals surface area (Å²) in [5, 5.41) is 3.33. The number of rotatable bonds is 4. The van der Waals surface area contributed by atoms with Crippen molar-refractivity contribution in [1.82, 2.24) is 15.3 Å². The van der Waals surface area contributed by atoms with Crippen molar-refractivity contribution in [2.45, 2.75) is 6.10 Å². The molecule has 3 heterocycles. The highest BCUT2D eigenvalue weighted by Crippen LogP contribution is 2.31. The standard InChI is InChI=1S/C17H20N4O3/c1-2-4-15-14(3-1)22-11-13(24-15)12-23-17-16(19-5-6-20-17)21-9-7-18-8-10-21/h1-6,13,18H,7-12H2. The van der Waals surface area contributed by atoms with Crippen LogP contribution in [0.4, 0.5) is 5.82 Å². The van der Waals surface area contributed by atoms with E-state index in [2.05, 4.69) is 20.2 Å². The van der Waals surface area contributed by atoms with E-state index in [0.29, 0.717) is 19.1 Å². The number of hydrogen-bond donors (Lipinski definition) is 1. The number of para-hydroxylation sites is 2. The zero-order chi connectivity index (χ0) is 16.2. The normalized spacial score (nSPS) is 19.8. The topological polar surface area (TPSA) is 68.7 Å². The molecule has 7 nitrogen and oxygen atoms in total.